The average molecular weight is 526 g/mol. The van der Waals surface area contributed by atoms with E-state index in [1.54, 1.807) is 26.4 Å². The molecular weight excluding hydrogens is 496 g/mol. The van der Waals surface area contributed by atoms with Crippen molar-refractivity contribution < 1.29 is 26.5 Å². The van der Waals surface area contributed by atoms with Gasteiger partial charge in [-0.3, -0.25) is 6.08 Å². The van der Waals surface area contributed by atoms with E-state index in [1.165, 1.54) is 0 Å². The van der Waals surface area contributed by atoms with Crippen LogP contribution in [0.4, 0.5) is 0 Å². The molecule has 2 atom stereocenters. The summed E-state index contributed by atoms with van der Waals surface area (Å²) < 4.78 is 11.5. The molecule has 0 heterocycles. The molecular formula is C34H30FeO2. The molecule has 0 fully saturated rings. The van der Waals surface area contributed by atoms with Gasteiger partial charge >= 0.3 is 17.1 Å². The SMILES string of the molecule is C=CC#CC(OC)(C1=C[C-]=CC1)c1ccccc1.C=CC#CC(OC)(C1=[C-]C=CC1)c1ccccc1.[Fe+2]. The maximum absolute atomic E-state index is 5.76. The van der Waals surface area contributed by atoms with Crippen molar-refractivity contribution in [3.8, 4) is 23.7 Å². The van der Waals surface area contributed by atoms with Gasteiger partial charge in [0, 0.05) is 14.2 Å². The summed E-state index contributed by atoms with van der Waals surface area (Å²) >= 11 is 0. The van der Waals surface area contributed by atoms with Crippen LogP contribution in [-0.2, 0) is 37.7 Å². The first-order valence-electron chi connectivity index (χ1n) is 11.7. The van der Waals surface area contributed by atoms with Crippen LogP contribution in [0.1, 0.15) is 24.0 Å². The zero-order valence-corrected chi connectivity index (χ0v) is 22.3. The van der Waals surface area contributed by atoms with Crippen molar-refractivity contribution in [1.29, 1.82) is 0 Å². The summed E-state index contributed by atoms with van der Waals surface area (Å²) in [7, 11) is 3.36. The van der Waals surface area contributed by atoms with Crippen molar-refractivity contribution in [2.75, 3.05) is 14.2 Å². The molecule has 2 nitrogen and oxygen atoms in total. The minimum absolute atomic E-state index is 0. The Balaban J connectivity index is 0.000000253. The molecule has 2 aliphatic carbocycles. The van der Waals surface area contributed by atoms with Crippen molar-refractivity contribution in [3.63, 3.8) is 0 Å². The van der Waals surface area contributed by atoms with E-state index < -0.39 is 11.2 Å². The number of hydrogen-bond donors (Lipinski definition) is 0. The van der Waals surface area contributed by atoms with Crippen LogP contribution in [0.25, 0.3) is 0 Å². The fourth-order valence-corrected chi connectivity index (χ4v) is 4.18. The molecule has 0 saturated carbocycles. The van der Waals surface area contributed by atoms with Crippen LogP contribution in [-0.4, -0.2) is 14.2 Å². The minimum atomic E-state index is -0.723. The largest absolute Gasteiger partial charge is 2.00 e. The number of methoxy groups -OCH3 is 2. The normalized spacial score (nSPS) is 15.9. The van der Waals surface area contributed by atoms with Gasteiger partial charge in [0.25, 0.3) is 0 Å². The van der Waals surface area contributed by atoms with E-state index in [4.69, 9.17) is 9.47 Å². The third-order valence-corrected chi connectivity index (χ3v) is 5.95. The first kappa shape index (κ1) is 29.7. The van der Waals surface area contributed by atoms with E-state index in [-0.39, 0.29) is 17.1 Å². The summed E-state index contributed by atoms with van der Waals surface area (Å²) in [5.41, 5.74) is 2.77. The second-order valence-corrected chi connectivity index (χ2v) is 7.92. The summed E-state index contributed by atoms with van der Waals surface area (Å²) in [6.45, 7) is 7.29. The summed E-state index contributed by atoms with van der Waals surface area (Å²) in [6.07, 6.45) is 19.0. The van der Waals surface area contributed by atoms with Crippen molar-refractivity contribution in [1.82, 2.24) is 0 Å². The van der Waals surface area contributed by atoms with Crippen LogP contribution >= 0.6 is 0 Å². The molecule has 0 amide bonds. The van der Waals surface area contributed by atoms with Gasteiger partial charge in [-0.15, -0.1) is 5.57 Å². The van der Waals surface area contributed by atoms with Gasteiger partial charge in [-0.05, 0) is 23.3 Å². The van der Waals surface area contributed by atoms with Crippen LogP contribution in [0.3, 0.4) is 0 Å². The van der Waals surface area contributed by atoms with Crippen molar-refractivity contribution >= 4 is 0 Å². The maximum atomic E-state index is 5.76. The quantitative estimate of drug-likeness (QED) is 0.234. The maximum Gasteiger partial charge on any atom is 2.00 e. The van der Waals surface area contributed by atoms with Gasteiger partial charge in [0.05, 0.1) is 0 Å². The molecule has 4 rings (SSSR count). The van der Waals surface area contributed by atoms with Gasteiger partial charge in [-0.1, -0.05) is 110 Å². The molecule has 2 aliphatic rings. The first-order valence-corrected chi connectivity index (χ1v) is 11.7. The number of hydrogen-bond acceptors (Lipinski definition) is 2. The molecule has 0 spiro atoms. The molecule has 0 radical (unpaired) electrons. The number of benzene rings is 2. The number of ether oxygens (including phenoxy) is 2. The van der Waals surface area contributed by atoms with E-state index in [0.29, 0.717) is 0 Å². The molecule has 2 unspecified atom stereocenters. The topological polar surface area (TPSA) is 18.5 Å². The second-order valence-electron chi connectivity index (χ2n) is 7.92. The molecule has 37 heavy (non-hydrogen) atoms. The van der Waals surface area contributed by atoms with E-state index in [0.717, 1.165) is 35.1 Å². The van der Waals surface area contributed by atoms with Crippen molar-refractivity contribution in [3.05, 3.63) is 145 Å². The molecule has 0 aliphatic heterocycles. The fourth-order valence-electron chi connectivity index (χ4n) is 4.18. The van der Waals surface area contributed by atoms with E-state index >= 15 is 0 Å². The number of allylic oxidation sites excluding steroid dienone is 8. The first-order chi connectivity index (χ1) is 17.7. The van der Waals surface area contributed by atoms with E-state index in [1.807, 2.05) is 78.9 Å². The van der Waals surface area contributed by atoms with Gasteiger partial charge in [-0.2, -0.15) is 11.6 Å². The van der Waals surface area contributed by atoms with Crippen LogP contribution < -0.4 is 0 Å². The summed E-state index contributed by atoms with van der Waals surface area (Å²) in [6, 6.07) is 20.0. The van der Waals surface area contributed by atoms with Gasteiger partial charge < -0.3 is 9.47 Å². The Kier molecular flexibility index (Phi) is 11.9. The van der Waals surface area contributed by atoms with Gasteiger partial charge in [0.1, 0.15) is 5.60 Å². The molecule has 2 aromatic rings. The Bertz CT molecular complexity index is 1190. The molecule has 2 aromatic carbocycles. The van der Waals surface area contributed by atoms with Gasteiger partial charge in [0.15, 0.2) is 5.60 Å². The third kappa shape index (κ3) is 6.81. The smallest absolute Gasteiger partial charge is 0.375 e. The number of rotatable bonds is 6. The molecule has 0 bridgehead atoms. The Morgan fingerprint density at radius 3 is 1.78 bits per heavy atom. The van der Waals surface area contributed by atoms with Crippen molar-refractivity contribution in [2.24, 2.45) is 0 Å². The van der Waals surface area contributed by atoms with Gasteiger partial charge in [-0.25, -0.2) is 24.3 Å². The van der Waals surface area contributed by atoms with Crippen LogP contribution in [0.5, 0.6) is 0 Å². The fraction of sp³-hybridized carbons (Fsp3) is 0.176. The summed E-state index contributed by atoms with van der Waals surface area (Å²) in [5.74, 6) is 12.2. The standard InChI is InChI=1S/2C17H15O.Fe/c2*1-3-4-14-17(18-2,16-12-8-9-13-16)15-10-6-5-7-11-15;/h3,5-8,10-11,13H,1,12H2,2H3;3,5-11H,1,12H2,2H3;/q2*-1;+2. The second kappa shape index (κ2) is 14.9. The Hall–Kier alpha value is -3.56. The third-order valence-electron chi connectivity index (χ3n) is 5.95. The molecule has 186 valence electrons. The zero-order valence-electron chi connectivity index (χ0n) is 21.2. The molecule has 0 aromatic heterocycles. The van der Waals surface area contributed by atoms with Crippen molar-refractivity contribution in [2.45, 2.75) is 24.0 Å². The van der Waals surface area contributed by atoms with E-state index in [9.17, 15) is 0 Å². The summed E-state index contributed by atoms with van der Waals surface area (Å²) in [4.78, 5) is 0. The molecule has 0 N–H and O–H groups in total. The molecule has 0 saturated heterocycles. The zero-order chi connectivity index (χ0) is 25.7. The average Bonchev–Trinajstić information content (AvgIpc) is 3.68. The summed E-state index contributed by atoms with van der Waals surface area (Å²) in [5, 5.41) is 0. The Morgan fingerprint density at radius 2 is 1.35 bits per heavy atom. The van der Waals surface area contributed by atoms with Crippen LogP contribution in [0.15, 0.2) is 121 Å². The predicted octanol–water partition coefficient (Wildman–Crippen LogP) is 6.81. The Morgan fingerprint density at radius 1 is 0.811 bits per heavy atom. The van der Waals surface area contributed by atoms with Crippen LogP contribution in [0.2, 0.25) is 0 Å². The molecule has 3 heteroatoms. The van der Waals surface area contributed by atoms with Crippen LogP contribution in [0, 0.1) is 35.8 Å². The van der Waals surface area contributed by atoms with E-state index in [2.05, 4.69) is 55.1 Å². The van der Waals surface area contributed by atoms with Gasteiger partial charge in [0.2, 0.25) is 0 Å². The minimum Gasteiger partial charge on any atom is -0.375 e. The Labute approximate surface area is 232 Å². The predicted molar refractivity (Wildman–Crippen MR) is 147 cm³/mol. The monoisotopic (exact) mass is 526 g/mol.